The molecule has 0 unspecified atom stereocenters. The van der Waals surface area contributed by atoms with Crippen molar-refractivity contribution in [1.29, 1.82) is 0 Å². The van der Waals surface area contributed by atoms with E-state index in [0.717, 1.165) is 67.9 Å². The number of rotatable bonds is 13. The van der Waals surface area contributed by atoms with E-state index in [0.29, 0.717) is 13.0 Å². The molecule has 3 aromatic carbocycles. The van der Waals surface area contributed by atoms with Gasteiger partial charge in [0.1, 0.15) is 0 Å². The van der Waals surface area contributed by atoms with Gasteiger partial charge in [0.15, 0.2) is 6.29 Å². The maximum absolute atomic E-state index is 12.1. The van der Waals surface area contributed by atoms with Gasteiger partial charge in [-0.15, -0.1) is 0 Å². The third-order valence-electron chi connectivity index (χ3n) is 8.46. The predicted molar refractivity (Wildman–Crippen MR) is 169 cm³/mol. The molecule has 240 valence electrons. The second-order valence-corrected chi connectivity index (χ2v) is 11.8. The fourth-order valence-corrected chi connectivity index (χ4v) is 5.84. The van der Waals surface area contributed by atoms with Crippen LogP contribution in [0.4, 0.5) is 0 Å². The molecule has 2 amide bonds. The molecule has 2 fully saturated rings. The van der Waals surface area contributed by atoms with Crippen molar-refractivity contribution in [2.75, 3.05) is 32.7 Å². The molecule has 45 heavy (non-hydrogen) atoms. The Morgan fingerprint density at radius 1 is 0.756 bits per heavy atom. The first-order chi connectivity index (χ1) is 22.0. The van der Waals surface area contributed by atoms with Crippen LogP contribution in [0, 0.1) is 0 Å². The zero-order chi connectivity index (χ0) is 31.4. The van der Waals surface area contributed by atoms with Gasteiger partial charge in [0.25, 0.3) is 0 Å². The van der Waals surface area contributed by atoms with Crippen LogP contribution < -0.4 is 10.8 Å². The number of piperazine rings is 1. The summed E-state index contributed by atoms with van der Waals surface area (Å²) in [6, 6.07) is 26.4. The minimum Gasteiger partial charge on any atom is -0.392 e. The van der Waals surface area contributed by atoms with Crippen molar-refractivity contribution < 1.29 is 29.4 Å². The van der Waals surface area contributed by atoms with E-state index in [9.17, 15) is 14.7 Å². The Labute approximate surface area is 264 Å². The lowest BCUT2D eigenvalue weighted by atomic mass is 9.99. The van der Waals surface area contributed by atoms with Crippen LogP contribution in [0.3, 0.4) is 0 Å². The van der Waals surface area contributed by atoms with Gasteiger partial charge in [-0.1, -0.05) is 78.9 Å². The second kappa shape index (κ2) is 16.6. The van der Waals surface area contributed by atoms with Crippen molar-refractivity contribution in [3.8, 4) is 0 Å². The van der Waals surface area contributed by atoms with E-state index in [1.54, 1.807) is 5.48 Å². The number of aliphatic hydroxyl groups excluding tert-OH is 1. The summed E-state index contributed by atoms with van der Waals surface area (Å²) in [5.41, 5.74) is 6.70. The monoisotopic (exact) mass is 616 g/mol. The van der Waals surface area contributed by atoms with E-state index >= 15 is 0 Å². The summed E-state index contributed by atoms with van der Waals surface area (Å²) in [5.74, 6) is -0.652. The number of carbonyl (C=O) groups is 2. The van der Waals surface area contributed by atoms with Gasteiger partial charge in [-0.3, -0.25) is 24.6 Å². The van der Waals surface area contributed by atoms with Crippen LogP contribution in [0.25, 0.3) is 0 Å². The van der Waals surface area contributed by atoms with Gasteiger partial charge in [0.2, 0.25) is 11.8 Å². The number of hydrogen-bond acceptors (Lipinski definition) is 8. The summed E-state index contributed by atoms with van der Waals surface area (Å²) in [4.78, 5) is 28.3. The van der Waals surface area contributed by atoms with Crippen LogP contribution in [0.2, 0.25) is 0 Å². The van der Waals surface area contributed by atoms with E-state index in [4.69, 9.17) is 14.7 Å². The fraction of sp³-hybridized carbons (Fsp3) is 0.429. The van der Waals surface area contributed by atoms with Crippen molar-refractivity contribution in [3.05, 3.63) is 107 Å². The van der Waals surface area contributed by atoms with Crippen LogP contribution in [-0.2, 0) is 38.8 Å². The van der Waals surface area contributed by atoms with E-state index in [-0.39, 0.29) is 37.6 Å². The molecular weight excluding hydrogens is 572 g/mol. The number of carbonyl (C=O) groups excluding carboxylic acids is 2. The maximum Gasteiger partial charge on any atom is 0.243 e. The molecule has 0 bridgehead atoms. The van der Waals surface area contributed by atoms with Crippen molar-refractivity contribution in [3.63, 3.8) is 0 Å². The minimum absolute atomic E-state index is 0.00405. The number of aliphatic hydroxyl groups is 1. The lowest BCUT2D eigenvalue weighted by molar-refractivity contribution is -0.253. The molecule has 0 radical (unpaired) electrons. The van der Waals surface area contributed by atoms with Crippen LogP contribution >= 0.6 is 0 Å². The third-order valence-corrected chi connectivity index (χ3v) is 8.46. The van der Waals surface area contributed by atoms with Gasteiger partial charge in [0, 0.05) is 70.6 Å². The topological polar surface area (TPSA) is 124 Å². The standard InChI is InChI=1S/C35H44N4O6/c40-25-28-11-13-29(14-12-28)32-21-31(24-39-19-17-38(18-20-39)23-27-5-2-1-3-6-27)44-35(45-32)30-15-9-26(10-16-30)22-36-33(41)7-4-8-34(42)37-43/h1-3,5-6,9-16,31-32,35,40,43H,4,7-8,17-25H2,(H,36,41)(H,37,42)/t31-,32+,35+/m0/s1. The first-order valence-electron chi connectivity index (χ1n) is 15.8. The summed E-state index contributed by atoms with van der Waals surface area (Å²) in [6.07, 6.45) is 0.710. The van der Waals surface area contributed by atoms with E-state index in [1.165, 1.54) is 5.56 Å². The van der Waals surface area contributed by atoms with Gasteiger partial charge in [-0.25, -0.2) is 5.48 Å². The highest BCUT2D eigenvalue weighted by Gasteiger charge is 2.33. The van der Waals surface area contributed by atoms with Crippen molar-refractivity contribution in [2.45, 2.75) is 63.9 Å². The Bertz CT molecular complexity index is 1350. The summed E-state index contributed by atoms with van der Waals surface area (Å²) in [5, 5.41) is 21.0. The summed E-state index contributed by atoms with van der Waals surface area (Å²) in [7, 11) is 0. The molecule has 10 nitrogen and oxygen atoms in total. The summed E-state index contributed by atoms with van der Waals surface area (Å²) < 4.78 is 13.1. The summed E-state index contributed by atoms with van der Waals surface area (Å²) in [6.45, 7) is 6.19. The molecule has 4 N–H and O–H groups in total. The first-order valence-corrected chi connectivity index (χ1v) is 15.8. The molecule has 2 saturated heterocycles. The third kappa shape index (κ3) is 9.92. The van der Waals surface area contributed by atoms with Gasteiger partial charge >= 0.3 is 0 Å². The zero-order valence-electron chi connectivity index (χ0n) is 25.6. The van der Waals surface area contributed by atoms with Gasteiger partial charge in [-0.2, -0.15) is 0 Å². The second-order valence-electron chi connectivity index (χ2n) is 11.8. The number of benzene rings is 3. The Morgan fingerprint density at radius 3 is 2.09 bits per heavy atom. The lowest BCUT2D eigenvalue weighted by Crippen LogP contribution is -2.49. The van der Waals surface area contributed by atoms with Gasteiger partial charge in [0.05, 0.1) is 18.8 Å². The molecule has 2 aliphatic heterocycles. The van der Waals surface area contributed by atoms with Gasteiger partial charge in [-0.05, 0) is 28.7 Å². The Hall–Kier alpha value is -3.64. The van der Waals surface area contributed by atoms with Crippen molar-refractivity contribution in [1.82, 2.24) is 20.6 Å². The lowest BCUT2D eigenvalue weighted by Gasteiger charge is -2.40. The number of hydrogen-bond donors (Lipinski definition) is 4. The number of nitrogens with zero attached hydrogens (tertiary/aromatic N) is 2. The average Bonchev–Trinajstić information content (AvgIpc) is 3.08. The maximum atomic E-state index is 12.1. The number of hydroxylamine groups is 1. The van der Waals surface area contributed by atoms with Gasteiger partial charge < -0.3 is 19.9 Å². The number of amides is 2. The number of nitrogens with one attached hydrogen (secondary N) is 2. The molecule has 0 saturated carbocycles. The Kier molecular flexibility index (Phi) is 12.1. The summed E-state index contributed by atoms with van der Waals surface area (Å²) >= 11 is 0. The minimum atomic E-state index is -0.535. The molecule has 2 aliphatic rings. The SMILES string of the molecule is O=C(CCCC(=O)NCc1ccc([C@@H]2O[C@H](CN3CCN(Cc4ccccc4)CC3)C[C@H](c3ccc(CO)cc3)O2)cc1)NO. The van der Waals surface area contributed by atoms with E-state index in [1.807, 2.05) is 48.5 Å². The number of ether oxygens (including phenoxy) is 2. The van der Waals surface area contributed by atoms with Crippen LogP contribution in [0.15, 0.2) is 78.9 Å². The molecule has 3 aromatic rings. The van der Waals surface area contributed by atoms with Crippen LogP contribution in [0.1, 0.15) is 65.9 Å². The highest BCUT2D eigenvalue weighted by atomic mass is 16.7. The zero-order valence-corrected chi connectivity index (χ0v) is 25.6. The molecule has 0 spiro atoms. The predicted octanol–water partition coefficient (Wildman–Crippen LogP) is 3.83. The molecule has 0 aliphatic carbocycles. The largest absolute Gasteiger partial charge is 0.392 e. The molecule has 5 rings (SSSR count). The normalized spacial score (nSPS) is 20.9. The first kappa shape index (κ1) is 32.7. The van der Waals surface area contributed by atoms with Crippen LogP contribution in [0.5, 0.6) is 0 Å². The van der Waals surface area contributed by atoms with Crippen molar-refractivity contribution >= 4 is 11.8 Å². The Balaban J connectivity index is 1.18. The van der Waals surface area contributed by atoms with Crippen molar-refractivity contribution in [2.24, 2.45) is 0 Å². The van der Waals surface area contributed by atoms with Crippen LogP contribution in [-0.4, -0.2) is 70.8 Å². The molecule has 0 aromatic heterocycles. The Morgan fingerprint density at radius 2 is 1.40 bits per heavy atom. The highest BCUT2D eigenvalue weighted by Crippen LogP contribution is 2.38. The van der Waals surface area contributed by atoms with E-state index < -0.39 is 12.2 Å². The molecule has 3 atom stereocenters. The smallest absolute Gasteiger partial charge is 0.243 e. The quantitative estimate of drug-likeness (QED) is 0.169. The van der Waals surface area contributed by atoms with E-state index in [2.05, 4.69) is 45.4 Å². The fourth-order valence-electron chi connectivity index (χ4n) is 5.84. The molecular formula is C35H44N4O6. The molecule has 10 heteroatoms. The molecule has 2 heterocycles. The highest BCUT2D eigenvalue weighted by molar-refractivity contribution is 5.78. The average molecular weight is 617 g/mol.